The first-order valence-electron chi connectivity index (χ1n) is 3.24. The van der Waals surface area contributed by atoms with Gasteiger partial charge in [-0.1, -0.05) is 6.58 Å². The zero-order chi connectivity index (χ0) is 8.69. The van der Waals surface area contributed by atoms with Gasteiger partial charge in [-0.2, -0.15) is 0 Å². The van der Waals surface area contributed by atoms with Crippen molar-refractivity contribution < 1.29 is 19.0 Å². The van der Waals surface area contributed by atoms with E-state index in [0.29, 0.717) is 6.42 Å². The highest BCUT2D eigenvalue weighted by Crippen LogP contribution is 1.95. The van der Waals surface area contributed by atoms with Crippen molar-refractivity contribution >= 4 is 5.97 Å². The number of carbonyl (C=O) groups excluding carboxylic acids is 1. The molecule has 0 spiro atoms. The van der Waals surface area contributed by atoms with E-state index < -0.39 is 12.6 Å². The zero-order valence-corrected chi connectivity index (χ0v) is 6.18. The van der Waals surface area contributed by atoms with Crippen molar-refractivity contribution in [2.24, 2.45) is 0 Å². The topological polar surface area (TPSA) is 46.5 Å². The number of aliphatic hydroxyl groups is 1. The second kappa shape index (κ2) is 5.85. The molecule has 0 amide bonds. The van der Waals surface area contributed by atoms with Crippen LogP contribution in [-0.2, 0) is 9.53 Å². The van der Waals surface area contributed by atoms with Crippen molar-refractivity contribution in [3.05, 3.63) is 12.2 Å². The van der Waals surface area contributed by atoms with Crippen LogP contribution in [0.1, 0.15) is 6.42 Å². The number of hydrogen-bond acceptors (Lipinski definition) is 3. The van der Waals surface area contributed by atoms with E-state index in [0.717, 1.165) is 0 Å². The molecular formula is C7H11FO3. The summed E-state index contributed by atoms with van der Waals surface area (Å²) in [4.78, 5) is 10.6. The normalized spacial score (nSPS) is 9.27. The van der Waals surface area contributed by atoms with Gasteiger partial charge in [-0.3, -0.25) is 0 Å². The van der Waals surface area contributed by atoms with Gasteiger partial charge in [-0.05, 0) is 0 Å². The van der Waals surface area contributed by atoms with Crippen LogP contribution in [0.25, 0.3) is 0 Å². The molecule has 0 aliphatic rings. The van der Waals surface area contributed by atoms with Gasteiger partial charge in [0, 0.05) is 13.0 Å². The van der Waals surface area contributed by atoms with Crippen LogP contribution >= 0.6 is 0 Å². The predicted octanol–water partition coefficient (Wildman–Crippen LogP) is 0.438. The molecule has 0 rings (SSSR count). The largest absolute Gasteiger partial charge is 0.462 e. The Morgan fingerprint density at radius 3 is 2.73 bits per heavy atom. The Kier molecular flexibility index (Phi) is 5.37. The van der Waals surface area contributed by atoms with E-state index in [-0.39, 0.29) is 18.8 Å². The minimum Gasteiger partial charge on any atom is -0.462 e. The monoisotopic (exact) mass is 162 g/mol. The standard InChI is InChI=1S/C7H11FO3/c1-6(5-8)7(10)11-4-2-3-9/h9H,1-5H2. The van der Waals surface area contributed by atoms with Gasteiger partial charge in [-0.25, -0.2) is 9.18 Å². The number of ether oxygens (including phenoxy) is 1. The molecule has 0 bridgehead atoms. The number of hydrogen-bond donors (Lipinski definition) is 1. The SMILES string of the molecule is C=C(CF)C(=O)OCCCO. The summed E-state index contributed by atoms with van der Waals surface area (Å²) in [5, 5.41) is 8.29. The molecule has 0 aliphatic heterocycles. The fourth-order valence-corrected chi connectivity index (χ4v) is 0.386. The first-order chi connectivity index (χ1) is 5.22. The van der Waals surface area contributed by atoms with Crippen LogP contribution in [0, 0.1) is 0 Å². The Balaban J connectivity index is 3.44. The van der Waals surface area contributed by atoms with Crippen LogP contribution in [0.4, 0.5) is 4.39 Å². The van der Waals surface area contributed by atoms with E-state index in [1.54, 1.807) is 0 Å². The summed E-state index contributed by atoms with van der Waals surface area (Å²) in [5.41, 5.74) is -0.192. The Hall–Kier alpha value is -0.900. The van der Waals surface area contributed by atoms with Crippen molar-refractivity contribution in [3.8, 4) is 0 Å². The van der Waals surface area contributed by atoms with Crippen molar-refractivity contribution in [2.45, 2.75) is 6.42 Å². The Bertz CT molecular complexity index is 145. The van der Waals surface area contributed by atoms with Crippen molar-refractivity contribution in [3.63, 3.8) is 0 Å². The van der Waals surface area contributed by atoms with Crippen LogP contribution in [0.3, 0.4) is 0 Å². The van der Waals surface area contributed by atoms with Crippen molar-refractivity contribution in [1.29, 1.82) is 0 Å². The van der Waals surface area contributed by atoms with E-state index in [4.69, 9.17) is 5.11 Å². The van der Waals surface area contributed by atoms with Crippen LogP contribution in [0.2, 0.25) is 0 Å². The average molecular weight is 162 g/mol. The molecule has 0 aromatic heterocycles. The molecule has 11 heavy (non-hydrogen) atoms. The summed E-state index contributed by atoms with van der Waals surface area (Å²) in [6.07, 6.45) is 0.366. The highest BCUT2D eigenvalue weighted by Gasteiger charge is 2.06. The molecule has 0 heterocycles. The molecule has 0 atom stereocenters. The van der Waals surface area contributed by atoms with Crippen molar-refractivity contribution in [1.82, 2.24) is 0 Å². The fourth-order valence-electron chi connectivity index (χ4n) is 0.386. The molecule has 4 heteroatoms. The zero-order valence-electron chi connectivity index (χ0n) is 6.18. The van der Waals surface area contributed by atoms with Gasteiger partial charge in [0.15, 0.2) is 0 Å². The van der Waals surface area contributed by atoms with Gasteiger partial charge in [0.1, 0.15) is 6.67 Å². The minimum absolute atomic E-state index is 0.0462. The van der Waals surface area contributed by atoms with Gasteiger partial charge in [-0.15, -0.1) is 0 Å². The summed E-state index contributed by atoms with van der Waals surface area (Å²) >= 11 is 0. The molecule has 0 unspecified atom stereocenters. The molecule has 0 aromatic carbocycles. The number of alkyl halides is 1. The molecule has 3 nitrogen and oxygen atoms in total. The number of aliphatic hydroxyl groups excluding tert-OH is 1. The van der Waals surface area contributed by atoms with Crippen LogP contribution in [-0.4, -0.2) is 31.0 Å². The second-order valence-electron chi connectivity index (χ2n) is 1.95. The van der Waals surface area contributed by atoms with E-state index in [9.17, 15) is 9.18 Å². The molecule has 1 N–H and O–H groups in total. The Morgan fingerprint density at radius 1 is 1.64 bits per heavy atom. The minimum atomic E-state index is -0.891. The van der Waals surface area contributed by atoms with E-state index in [1.165, 1.54) is 0 Å². The maximum absolute atomic E-state index is 11.7. The van der Waals surface area contributed by atoms with E-state index in [1.807, 2.05) is 0 Å². The summed E-state index contributed by atoms with van der Waals surface area (Å²) in [6.45, 7) is 2.31. The van der Waals surface area contributed by atoms with Gasteiger partial charge in [0.2, 0.25) is 0 Å². The molecule has 64 valence electrons. The third kappa shape index (κ3) is 4.50. The quantitative estimate of drug-likeness (QED) is 0.362. The maximum atomic E-state index is 11.7. The van der Waals surface area contributed by atoms with Gasteiger partial charge < -0.3 is 9.84 Å². The number of carbonyl (C=O) groups is 1. The third-order valence-electron chi connectivity index (χ3n) is 0.986. The number of esters is 1. The predicted molar refractivity (Wildman–Crippen MR) is 37.8 cm³/mol. The Labute approximate surface area is 64.5 Å². The molecule has 0 saturated heterocycles. The smallest absolute Gasteiger partial charge is 0.336 e. The number of rotatable bonds is 5. The maximum Gasteiger partial charge on any atom is 0.336 e. The molecule has 0 radical (unpaired) electrons. The molecule has 0 aliphatic carbocycles. The fraction of sp³-hybridized carbons (Fsp3) is 0.571. The lowest BCUT2D eigenvalue weighted by Gasteiger charge is -2.02. The lowest BCUT2D eigenvalue weighted by Crippen LogP contribution is -2.10. The van der Waals surface area contributed by atoms with E-state index in [2.05, 4.69) is 11.3 Å². The molecule has 0 aromatic rings. The molecule has 0 saturated carbocycles. The van der Waals surface area contributed by atoms with Gasteiger partial charge in [0.05, 0.1) is 12.2 Å². The van der Waals surface area contributed by atoms with Crippen LogP contribution < -0.4 is 0 Å². The van der Waals surface area contributed by atoms with Gasteiger partial charge in [0.25, 0.3) is 0 Å². The lowest BCUT2D eigenvalue weighted by molar-refractivity contribution is -0.139. The highest BCUT2D eigenvalue weighted by molar-refractivity contribution is 5.87. The lowest BCUT2D eigenvalue weighted by atomic mass is 10.3. The average Bonchev–Trinajstić information content (AvgIpc) is 2.03. The molecular weight excluding hydrogens is 151 g/mol. The first kappa shape index (κ1) is 10.1. The van der Waals surface area contributed by atoms with Crippen molar-refractivity contribution in [2.75, 3.05) is 19.9 Å². The summed E-state index contributed by atoms with van der Waals surface area (Å²) in [6, 6.07) is 0. The Morgan fingerprint density at radius 2 is 2.27 bits per heavy atom. The summed E-state index contributed by atoms with van der Waals surface area (Å²) in [5.74, 6) is -0.735. The highest BCUT2D eigenvalue weighted by atomic mass is 19.1. The molecule has 0 fully saturated rings. The van der Waals surface area contributed by atoms with Gasteiger partial charge >= 0.3 is 5.97 Å². The van der Waals surface area contributed by atoms with Crippen LogP contribution in [0.5, 0.6) is 0 Å². The number of halogens is 1. The van der Waals surface area contributed by atoms with Crippen LogP contribution in [0.15, 0.2) is 12.2 Å². The first-order valence-corrected chi connectivity index (χ1v) is 3.24. The third-order valence-corrected chi connectivity index (χ3v) is 0.986. The summed E-state index contributed by atoms with van der Waals surface area (Å²) in [7, 11) is 0. The second-order valence-corrected chi connectivity index (χ2v) is 1.95. The van der Waals surface area contributed by atoms with E-state index >= 15 is 0 Å². The summed E-state index contributed by atoms with van der Waals surface area (Å²) < 4.78 is 16.2.